The zero-order chi connectivity index (χ0) is 14.6. The van der Waals surface area contributed by atoms with E-state index in [0.29, 0.717) is 6.54 Å². The Morgan fingerprint density at radius 1 is 1.20 bits per heavy atom. The molecule has 114 valence electrons. The number of aliphatic imine (C=N–C) groups is 1. The molecule has 6 heteroatoms. The predicted octanol–water partition coefficient (Wildman–Crippen LogP) is 2.30. The van der Waals surface area contributed by atoms with Gasteiger partial charge in [0.15, 0.2) is 5.96 Å². The van der Waals surface area contributed by atoms with Gasteiger partial charge >= 0.3 is 0 Å². The Hall–Kier alpha value is -1.05. The van der Waals surface area contributed by atoms with Gasteiger partial charge in [0, 0.05) is 45.5 Å². The molecule has 0 aliphatic rings. The van der Waals surface area contributed by atoms with Gasteiger partial charge in [0.05, 0.1) is 19.3 Å². The number of nitrogens with zero attached hydrogens (tertiary/aromatic N) is 4. The van der Waals surface area contributed by atoms with Crippen molar-refractivity contribution in [3.8, 4) is 5.75 Å². The maximum atomic E-state index is 5.41. The van der Waals surface area contributed by atoms with E-state index >= 15 is 0 Å². The molecule has 0 spiro atoms. The molecule has 20 heavy (non-hydrogen) atoms. The number of methoxy groups -OCH3 is 1. The molecular formula is C14H25IN4O. The fourth-order valence-corrected chi connectivity index (χ4v) is 2.06. The summed E-state index contributed by atoms with van der Waals surface area (Å²) in [6.45, 7) is 4.57. The topological polar surface area (TPSA) is 41.0 Å². The Morgan fingerprint density at radius 2 is 1.75 bits per heavy atom. The summed E-state index contributed by atoms with van der Waals surface area (Å²) in [6.07, 6.45) is 1.84. The number of halogens is 1. The van der Waals surface area contributed by atoms with Gasteiger partial charge < -0.3 is 14.5 Å². The van der Waals surface area contributed by atoms with E-state index in [1.165, 1.54) is 0 Å². The molecule has 0 N–H and O–H groups in total. The number of aryl methyl sites for hydroxylation is 1. The van der Waals surface area contributed by atoms with E-state index in [1.807, 2.05) is 58.0 Å². The van der Waals surface area contributed by atoms with Gasteiger partial charge in [-0.05, 0) is 13.8 Å². The average molecular weight is 392 g/mol. The van der Waals surface area contributed by atoms with E-state index < -0.39 is 0 Å². The highest BCUT2D eigenvalue weighted by Gasteiger charge is 2.10. The van der Waals surface area contributed by atoms with E-state index in [4.69, 9.17) is 4.74 Å². The third kappa shape index (κ3) is 4.50. The maximum Gasteiger partial charge on any atom is 0.195 e. The summed E-state index contributed by atoms with van der Waals surface area (Å²) in [4.78, 5) is 13.0. The number of pyridine rings is 1. The SMILES string of the molecule is COc1c(C)cnc(CN=C(N(C)C)N(C)C)c1C.I. The van der Waals surface area contributed by atoms with E-state index in [-0.39, 0.29) is 24.0 Å². The van der Waals surface area contributed by atoms with Crippen molar-refractivity contribution in [2.45, 2.75) is 20.4 Å². The average Bonchev–Trinajstić information content (AvgIpc) is 2.31. The van der Waals surface area contributed by atoms with E-state index in [0.717, 1.165) is 28.5 Å². The second kappa shape index (κ2) is 8.28. The minimum atomic E-state index is 0. The summed E-state index contributed by atoms with van der Waals surface area (Å²) in [5.41, 5.74) is 3.06. The summed E-state index contributed by atoms with van der Waals surface area (Å²) < 4.78 is 5.41. The van der Waals surface area contributed by atoms with Crippen LogP contribution in [0.3, 0.4) is 0 Å². The van der Waals surface area contributed by atoms with Gasteiger partial charge in [-0.2, -0.15) is 0 Å². The summed E-state index contributed by atoms with van der Waals surface area (Å²) in [5, 5.41) is 0. The van der Waals surface area contributed by atoms with Crippen molar-refractivity contribution in [3.05, 3.63) is 23.0 Å². The number of guanidine groups is 1. The molecule has 0 aliphatic heterocycles. The lowest BCUT2D eigenvalue weighted by Gasteiger charge is -2.22. The minimum Gasteiger partial charge on any atom is -0.496 e. The molecule has 5 nitrogen and oxygen atoms in total. The quantitative estimate of drug-likeness (QED) is 0.450. The normalized spacial score (nSPS) is 9.55. The molecule has 0 radical (unpaired) electrons. The Labute approximate surface area is 139 Å². The van der Waals surface area contributed by atoms with Gasteiger partial charge in [-0.1, -0.05) is 0 Å². The van der Waals surface area contributed by atoms with Gasteiger partial charge in [-0.3, -0.25) is 4.98 Å². The molecule has 0 aliphatic carbocycles. The molecule has 0 bridgehead atoms. The zero-order valence-corrected chi connectivity index (χ0v) is 15.7. The van der Waals surface area contributed by atoms with Crippen LogP contribution < -0.4 is 4.74 Å². The van der Waals surface area contributed by atoms with Crippen molar-refractivity contribution >= 4 is 29.9 Å². The molecule has 0 fully saturated rings. The first-order chi connectivity index (χ1) is 8.88. The van der Waals surface area contributed by atoms with Crippen LogP contribution in [-0.4, -0.2) is 56.0 Å². The molecule has 1 rings (SSSR count). The van der Waals surface area contributed by atoms with Crippen LogP contribution in [-0.2, 0) is 6.54 Å². The largest absolute Gasteiger partial charge is 0.496 e. The van der Waals surface area contributed by atoms with Crippen LogP contribution in [0.5, 0.6) is 5.75 Å². The highest BCUT2D eigenvalue weighted by Crippen LogP contribution is 2.24. The van der Waals surface area contributed by atoms with Crippen LogP contribution in [0.4, 0.5) is 0 Å². The smallest absolute Gasteiger partial charge is 0.195 e. The van der Waals surface area contributed by atoms with Crippen LogP contribution in [0.2, 0.25) is 0 Å². The number of ether oxygens (including phenoxy) is 1. The Morgan fingerprint density at radius 3 is 2.20 bits per heavy atom. The second-order valence-corrected chi connectivity index (χ2v) is 4.95. The summed E-state index contributed by atoms with van der Waals surface area (Å²) in [5.74, 6) is 1.82. The van der Waals surface area contributed by atoms with Gasteiger partial charge in [-0.25, -0.2) is 4.99 Å². The van der Waals surface area contributed by atoms with Crippen molar-refractivity contribution < 1.29 is 4.74 Å². The fraction of sp³-hybridized carbons (Fsp3) is 0.571. The first-order valence-electron chi connectivity index (χ1n) is 6.26. The third-order valence-electron chi connectivity index (χ3n) is 2.92. The monoisotopic (exact) mass is 392 g/mol. The Kier molecular flexibility index (Phi) is 7.85. The molecule has 0 unspecified atom stereocenters. The summed E-state index contributed by atoms with van der Waals surface area (Å²) in [6, 6.07) is 0. The van der Waals surface area contributed by atoms with Gasteiger partial charge in [0.1, 0.15) is 5.75 Å². The molecular weight excluding hydrogens is 367 g/mol. The molecule has 1 aromatic heterocycles. The number of aromatic nitrogens is 1. The zero-order valence-electron chi connectivity index (χ0n) is 13.4. The molecule has 0 saturated carbocycles. The Bertz CT molecular complexity index is 462. The van der Waals surface area contributed by atoms with Crippen LogP contribution >= 0.6 is 24.0 Å². The molecule has 0 amide bonds. The van der Waals surface area contributed by atoms with Crippen molar-refractivity contribution in [2.24, 2.45) is 4.99 Å². The van der Waals surface area contributed by atoms with E-state index in [9.17, 15) is 0 Å². The minimum absolute atomic E-state index is 0. The van der Waals surface area contributed by atoms with Crippen molar-refractivity contribution in [1.82, 2.24) is 14.8 Å². The van der Waals surface area contributed by atoms with Crippen LogP contribution in [0, 0.1) is 13.8 Å². The molecule has 1 heterocycles. The van der Waals surface area contributed by atoms with Gasteiger partial charge in [0.25, 0.3) is 0 Å². The fourth-order valence-electron chi connectivity index (χ4n) is 2.06. The molecule has 0 saturated heterocycles. The standard InChI is InChI=1S/C14H24N4O.HI/c1-10-8-15-12(11(2)13(10)19-7)9-16-14(17(3)4)18(5)6;/h8H,9H2,1-7H3;1H. The number of rotatable bonds is 3. The highest BCUT2D eigenvalue weighted by atomic mass is 127. The number of hydrogen-bond acceptors (Lipinski definition) is 3. The third-order valence-corrected chi connectivity index (χ3v) is 2.92. The highest BCUT2D eigenvalue weighted by molar-refractivity contribution is 14.0. The summed E-state index contributed by atoms with van der Waals surface area (Å²) in [7, 11) is 9.61. The molecule has 0 atom stereocenters. The lowest BCUT2D eigenvalue weighted by Crippen LogP contribution is -2.35. The Balaban J connectivity index is 0.00000361. The van der Waals surface area contributed by atoms with Crippen LogP contribution in [0.1, 0.15) is 16.8 Å². The predicted molar refractivity (Wildman–Crippen MR) is 94.2 cm³/mol. The first-order valence-corrected chi connectivity index (χ1v) is 6.26. The van der Waals surface area contributed by atoms with Crippen LogP contribution in [0.25, 0.3) is 0 Å². The second-order valence-electron chi connectivity index (χ2n) is 4.95. The van der Waals surface area contributed by atoms with Crippen molar-refractivity contribution in [2.75, 3.05) is 35.3 Å². The molecule has 1 aromatic rings. The van der Waals surface area contributed by atoms with Crippen LogP contribution in [0.15, 0.2) is 11.2 Å². The first kappa shape index (κ1) is 18.9. The van der Waals surface area contributed by atoms with Gasteiger partial charge in [0.2, 0.25) is 0 Å². The van der Waals surface area contributed by atoms with E-state index in [1.54, 1.807) is 7.11 Å². The molecule has 0 aromatic carbocycles. The lowest BCUT2D eigenvalue weighted by atomic mass is 10.1. The lowest BCUT2D eigenvalue weighted by molar-refractivity contribution is 0.407. The maximum absolute atomic E-state index is 5.41. The van der Waals surface area contributed by atoms with Crippen molar-refractivity contribution in [3.63, 3.8) is 0 Å². The van der Waals surface area contributed by atoms with Gasteiger partial charge in [-0.15, -0.1) is 24.0 Å². The van der Waals surface area contributed by atoms with E-state index in [2.05, 4.69) is 9.98 Å². The number of hydrogen-bond donors (Lipinski definition) is 0. The summed E-state index contributed by atoms with van der Waals surface area (Å²) >= 11 is 0. The van der Waals surface area contributed by atoms with Crippen molar-refractivity contribution in [1.29, 1.82) is 0 Å².